The van der Waals surface area contributed by atoms with Crippen molar-refractivity contribution in [3.63, 3.8) is 0 Å². The van der Waals surface area contributed by atoms with Crippen LogP contribution in [-0.4, -0.2) is 0 Å². The second kappa shape index (κ2) is 13.9. The van der Waals surface area contributed by atoms with E-state index in [0.29, 0.717) is 5.92 Å². The van der Waals surface area contributed by atoms with Gasteiger partial charge in [0.15, 0.2) is 0 Å². The summed E-state index contributed by atoms with van der Waals surface area (Å²) < 4.78 is 0. The van der Waals surface area contributed by atoms with Crippen molar-refractivity contribution >= 4 is 56.5 Å². The van der Waals surface area contributed by atoms with Gasteiger partial charge >= 0.3 is 0 Å². The molecule has 0 saturated heterocycles. The van der Waals surface area contributed by atoms with Gasteiger partial charge in [-0.1, -0.05) is 185 Å². The summed E-state index contributed by atoms with van der Waals surface area (Å²) in [6.45, 7) is 9.46. The molecule has 0 fully saturated rings. The molecule has 2 heterocycles. The summed E-state index contributed by atoms with van der Waals surface area (Å²) in [6, 6.07) is 66.3. The van der Waals surface area contributed by atoms with E-state index in [1.54, 1.807) is 0 Å². The van der Waals surface area contributed by atoms with Crippen molar-refractivity contribution in [3.8, 4) is 0 Å². The molecule has 1 spiro atoms. The Morgan fingerprint density at radius 1 is 0.446 bits per heavy atom. The van der Waals surface area contributed by atoms with Gasteiger partial charge in [-0.15, -0.1) is 0 Å². The molecule has 3 aliphatic carbocycles. The number of anilines is 6. The summed E-state index contributed by atoms with van der Waals surface area (Å²) in [5.41, 5.74) is 22.8. The van der Waals surface area contributed by atoms with Crippen LogP contribution in [0, 0.1) is 5.92 Å². The highest BCUT2D eigenvalue weighted by atomic mass is 15.2. The third-order valence-electron chi connectivity index (χ3n) is 16.1. The summed E-state index contributed by atoms with van der Waals surface area (Å²) in [5, 5.41) is 2.52. The molecule has 2 nitrogen and oxygen atoms in total. The van der Waals surface area contributed by atoms with E-state index in [2.05, 4.69) is 238 Å². The molecule has 0 saturated carbocycles. The summed E-state index contributed by atoms with van der Waals surface area (Å²) in [5.74, 6) is 0.382. The summed E-state index contributed by atoms with van der Waals surface area (Å²) in [4.78, 5) is 5.03. The normalized spacial score (nSPS) is 18.9. The molecule has 8 aromatic carbocycles. The molecular formula is C63H52N2. The highest BCUT2D eigenvalue weighted by Crippen LogP contribution is 2.61. The number of hydrogen-bond donors (Lipinski definition) is 0. The average Bonchev–Trinajstić information content (AvgIpc) is 3.86. The van der Waals surface area contributed by atoms with Gasteiger partial charge in [0.25, 0.3) is 0 Å². The maximum Gasteiger partial charge on any atom is 0.0540 e. The van der Waals surface area contributed by atoms with Gasteiger partial charge in [0.2, 0.25) is 0 Å². The van der Waals surface area contributed by atoms with Crippen LogP contribution in [0.1, 0.15) is 84.2 Å². The van der Waals surface area contributed by atoms with E-state index in [1.807, 2.05) is 0 Å². The van der Waals surface area contributed by atoms with Crippen molar-refractivity contribution in [1.82, 2.24) is 0 Å². The predicted octanol–water partition coefficient (Wildman–Crippen LogP) is 16.2. The Labute approximate surface area is 383 Å². The zero-order valence-corrected chi connectivity index (χ0v) is 37.6. The molecule has 2 aliphatic heterocycles. The maximum absolute atomic E-state index is 2.58. The van der Waals surface area contributed by atoms with E-state index in [0.717, 1.165) is 19.3 Å². The van der Waals surface area contributed by atoms with Crippen molar-refractivity contribution in [3.05, 3.63) is 250 Å². The van der Waals surface area contributed by atoms with Crippen LogP contribution in [0.5, 0.6) is 0 Å². The van der Waals surface area contributed by atoms with Crippen LogP contribution < -0.4 is 9.80 Å². The fourth-order valence-corrected chi connectivity index (χ4v) is 12.9. The second-order valence-electron chi connectivity index (χ2n) is 20.2. The highest BCUT2D eigenvalue weighted by molar-refractivity contribution is 6.04. The first-order valence-electron chi connectivity index (χ1n) is 23.5. The maximum atomic E-state index is 2.58. The summed E-state index contributed by atoms with van der Waals surface area (Å²) >= 11 is 0. The fourth-order valence-electron chi connectivity index (χ4n) is 12.9. The number of rotatable bonds is 4. The van der Waals surface area contributed by atoms with Crippen LogP contribution >= 0.6 is 0 Å². The van der Waals surface area contributed by atoms with Gasteiger partial charge in [0.05, 0.1) is 28.4 Å². The lowest BCUT2D eigenvalue weighted by Gasteiger charge is -2.42. The van der Waals surface area contributed by atoms with Gasteiger partial charge < -0.3 is 9.80 Å². The van der Waals surface area contributed by atoms with E-state index in [-0.39, 0.29) is 16.2 Å². The molecular weight excluding hydrogens is 785 g/mol. The minimum absolute atomic E-state index is 0.0216. The Morgan fingerprint density at radius 2 is 0.954 bits per heavy atom. The van der Waals surface area contributed by atoms with Gasteiger partial charge in [0, 0.05) is 27.3 Å². The number of hydrogen-bond acceptors (Lipinski definition) is 2. The molecule has 0 N–H and O–H groups in total. The number of para-hydroxylation sites is 4. The van der Waals surface area contributed by atoms with Crippen LogP contribution in [0.2, 0.25) is 0 Å². The lowest BCUT2D eigenvalue weighted by Crippen LogP contribution is -2.33. The van der Waals surface area contributed by atoms with E-state index in [4.69, 9.17) is 0 Å². The number of fused-ring (bicyclic) bond motifs is 11. The molecule has 5 aliphatic rings. The number of nitrogens with zero attached hydrogens (tertiary/aromatic N) is 2. The topological polar surface area (TPSA) is 6.48 Å². The zero-order chi connectivity index (χ0) is 43.7. The first kappa shape index (κ1) is 38.3. The average molecular weight is 837 g/mol. The Balaban J connectivity index is 0.887. The van der Waals surface area contributed by atoms with Gasteiger partial charge in [-0.3, -0.25) is 0 Å². The third kappa shape index (κ3) is 5.47. The molecule has 0 aromatic heterocycles. The second-order valence-corrected chi connectivity index (χ2v) is 20.2. The number of benzene rings is 8. The lowest BCUT2D eigenvalue weighted by molar-refractivity contribution is 0.356. The first-order valence-corrected chi connectivity index (χ1v) is 23.5. The first-order chi connectivity index (χ1) is 31.7. The lowest BCUT2D eigenvalue weighted by atomic mass is 9.68. The van der Waals surface area contributed by atoms with E-state index < -0.39 is 0 Å². The van der Waals surface area contributed by atoms with Crippen LogP contribution in [0.4, 0.5) is 34.1 Å². The molecule has 2 heteroatoms. The van der Waals surface area contributed by atoms with Crippen molar-refractivity contribution in [1.29, 1.82) is 0 Å². The van der Waals surface area contributed by atoms with Crippen LogP contribution in [0.3, 0.4) is 0 Å². The van der Waals surface area contributed by atoms with Crippen molar-refractivity contribution in [2.24, 2.45) is 5.92 Å². The van der Waals surface area contributed by atoms with Crippen molar-refractivity contribution < 1.29 is 0 Å². The molecule has 0 amide bonds. The number of allylic oxidation sites excluding steroid dienone is 5. The van der Waals surface area contributed by atoms with Gasteiger partial charge in [0.1, 0.15) is 0 Å². The monoisotopic (exact) mass is 836 g/mol. The Kier molecular flexibility index (Phi) is 8.20. The minimum atomic E-state index is -0.101. The zero-order valence-electron chi connectivity index (χ0n) is 37.6. The smallest absolute Gasteiger partial charge is 0.0540 e. The van der Waals surface area contributed by atoms with Crippen LogP contribution in [0.15, 0.2) is 200 Å². The SMILES string of the molecule is CC1(C)c2ccccc2N(c2ccc3c(c2)C2(Cc4ccccc4C2)C2CC(/C=C/c4ccc(N5c6ccccc6C(C)(C)c6ccccc65)c5ccccc45)=CC=C32)c2ccccc21. The van der Waals surface area contributed by atoms with E-state index in [1.165, 1.54) is 106 Å². The minimum Gasteiger partial charge on any atom is -0.310 e. The van der Waals surface area contributed by atoms with E-state index in [9.17, 15) is 0 Å². The Bertz CT molecular complexity index is 3270. The summed E-state index contributed by atoms with van der Waals surface area (Å²) in [6.07, 6.45) is 12.8. The molecule has 13 rings (SSSR count). The molecule has 314 valence electrons. The Morgan fingerprint density at radius 3 is 1.54 bits per heavy atom. The molecule has 65 heavy (non-hydrogen) atoms. The Hall–Kier alpha value is -7.16. The van der Waals surface area contributed by atoms with Gasteiger partial charge in [-0.25, -0.2) is 0 Å². The molecule has 0 bridgehead atoms. The fraction of sp³-hybridized carbons (Fsp3) is 0.175. The van der Waals surface area contributed by atoms with Crippen LogP contribution in [0.25, 0.3) is 22.4 Å². The van der Waals surface area contributed by atoms with Crippen molar-refractivity contribution in [2.45, 2.75) is 63.2 Å². The predicted molar refractivity (Wildman–Crippen MR) is 273 cm³/mol. The largest absolute Gasteiger partial charge is 0.310 e. The van der Waals surface area contributed by atoms with E-state index >= 15 is 0 Å². The van der Waals surface area contributed by atoms with Gasteiger partial charge in [-0.05, 0) is 134 Å². The quantitative estimate of drug-likeness (QED) is 0.174. The standard InChI is InChI=1S/C63H52N2/c1-61(2)50-21-9-13-25-57(50)64(58-26-14-10-22-51(58)61)45-33-35-48-47-34-30-41(37-54(47)63(55(48)38-45)39-43-17-5-6-18-44(43)40-63)29-31-42-32-36-56(49-20-8-7-19-46(42)49)65-59-27-15-11-23-52(59)62(3,4)53-24-12-16-28-60(53)65/h5-36,38,54H,37,39-40H2,1-4H3/b31-29+. The van der Waals surface area contributed by atoms with Crippen molar-refractivity contribution in [2.75, 3.05) is 9.80 Å². The molecule has 0 radical (unpaired) electrons. The van der Waals surface area contributed by atoms with Gasteiger partial charge in [-0.2, -0.15) is 0 Å². The molecule has 8 aromatic rings. The molecule has 1 unspecified atom stereocenters. The summed E-state index contributed by atoms with van der Waals surface area (Å²) in [7, 11) is 0. The third-order valence-corrected chi connectivity index (χ3v) is 16.1. The highest BCUT2D eigenvalue weighted by Gasteiger charge is 2.53. The van der Waals surface area contributed by atoms with Crippen LogP contribution in [-0.2, 0) is 29.1 Å². The molecule has 1 atom stereocenters.